The second kappa shape index (κ2) is 5.80. The zero-order chi connectivity index (χ0) is 14.8. The fourth-order valence-electron chi connectivity index (χ4n) is 3.25. The predicted octanol–water partition coefficient (Wildman–Crippen LogP) is 3.93. The highest BCUT2D eigenvalue weighted by Gasteiger charge is 2.24. The first kappa shape index (κ1) is 14.0. The minimum atomic E-state index is -0.231. The molecule has 1 aliphatic carbocycles. The quantitative estimate of drug-likeness (QED) is 0.859. The van der Waals surface area contributed by atoms with Gasteiger partial charge in [-0.1, -0.05) is 19.3 Å². The van der Waals surface area contributed by atoms with Crippen LogP contribution in [0.5, 0.6) is 5.75 Å². The third-order valence-electron chi connectivity index (χ3n) is 4.31. The normalized spacial score (nSPS) is 16.1. The summed E-state index contributed by atoms with van der Waals surface area (Å²) in [5.41, 5.74) is 1.92. The van der Waals surface area contributed by atoms with Gasteiger partial charge in [0.05, 0.1) is 12.8 Å². The first-order valence-electron chi connectivity index (χ1n) is 7.57. The maximum Gasteiger partial charge on any atom is 0.419 e. The molecule has 1 heterocycles. The van der Waals surface area contributed by atoms with Crippen molar-refractivity contribution in [2.45, 2.75) is 45.1 Å². The summed E-state index contributed by atoms with van der Waals surface area (Å²) < 4.78 is 12.4. The highest BCUT2D eigenvalue weighted by molar-refractivity contribution is 5.62. The summed E-state index contributed by atoms with van der Waals surface area (Å²) in [6.07, 6.45) is 5.75. The molecule has 0 N–H and O–H groups in total. The smallest absolute Gasteiger partial charge is 0.419 e. The van der Waals surface area contributed by atoms with Crippen LogP contribution < -0.4 is 10.5 Å². The Balaban J connectivity index is 2.06. The molecule has 1 fully saturated rings. The minimum absolute atomic E-state index is 0.231. The first-order chi connectivity index (χ1) is 10.2. The number of nitrogens with zero attached hydrogens (tertiary/aromatic N) is 1. The van der Waals surface area contributed by atoms with Crippen LogP contribution in [0.15, 0.2) is 33.5 Å². The second-order valence-corrected chi connectivity index (χ2v) is 5.66. The summed E-state index contributed by atoms with van der Waals surface area (Å²) >= 11 is 0. The van der Waals surface area contributed by atoms with Crippen molar-refractivity contribution in [1.82, 2.24) is 4.57 Å². The summed E-state index contributed by atoms with van der Waals surface area (Å²) in [6, 6.07) is 8.06. The van der Waals surface area contributed by atoms with E-state index < -0.39 is 0 Å². The van der Waals surface area contributed by atoms with E-state index in [9.17, 15) is 4.79 Å². The maximum absolute atomic E-state index is 12.2. The van der Waals surface area contributed by atoms with Gasteiger partial charge < -0.3 is 9.15 Å². The Morgan fingerprint density at radius 3 is 2.43 bits per heavy atom. The number of benzene rings is 1. The first-order valence-corrected chi connectivity index (χ1v) is 7.57. The van der Waals surface area contributed by atoms with Gasteiger partial charge in [-0.3, -0.25) is 4.57 Å². The van der Waals surface area contributed by atoms with E-state index in [4.69, 9.17) is 9.15 Å². The molecule has 1 aromatic carbocycles. The van der Waals surface area contributed by atoms with Crippen LogP contribution in [-0.2, 0) is 0 Å². The third-order valence-corrected chi connectivity index (χ3v) is 4.31. The van der Waals surface area contributed by atoms with E-state index in [2.05, 4.69) is 0 Å². The van der Waals surface area contributed by atoms with Crippen LogP contribution in [0.4, 0.5) is 0 Å². The van der Waals surface area contributed by atoms with E-state index in [-0.39, 0.29) is 11.8 Å². The molecule has 0 atom stereocenters. The number of rotatable bonds is 3. The zero-order valence-electron chi connectivity index (χ0n) is 12.6. The van der Waals surface area contributed by atoms with Gasteiger partial charge in [-0.2, -0.15) is 0 Å². The highest BCUT2D eigenvalue weighted by atomic mass is 16.5. The third kappa shape index (κ3) is 2.62. The number of hydrogen-bond acceptors (Lipinski definition) is 3. The standard InChI is InChI=1S/C17H21NO3/c1-12-16(13-8-10-15(20-2)11-9-13)18(17(19)21-12)14-6-4-3-5-7-14/h8-11,14H,3-7H2,1-2H3. The van der Waals surface area contributed by atoms with Crippen molar-refractivity contribution in [3.63, 3.8) is 0 Å². The Bertz CT molecular complexity index is 660. The SMILES string of the molecule is COc1ccc(-c2c(C)oc(=O)n2C2CCCCC2)cc1. The van der Waals surface area contributed by atoms with Crippen molar-refractivity contribution in [1.29, 1.82) is 0 Å². The molecule has 3 rings (SSSR count). The van der Waals surface area contributed by atoms with Crippen LogP contribution in [-0.4, -0.2) is 11.7 Å². The average molecular weight is 287 g/mol. The molecule has 0 saturated heterocycles. The van der Waals surface area contributed by atoms with E-state index in [1.54, 1.807) is 7.11 Å². The summed E-state index contributed by atoms with van der Waals surface area (Å²) in [6.45, 7) is 1.86. The van der Waals surface area contributed by atoms with Crippen molar-refractivity contribution in [3.8, 4) is 17.0 Å². The van der Waals surface area contributed by atoms with Crippen LogP contribution in [0.3, 0.4) is 0 Å². The lowest BCUT2D eigenvalue weighted by Crippen LogP contribution is -2.23. The van der Waals surface area contributed by atoms with Gasteiger partial charge in [-0.25, -0.2) is 4.79 Å². The molecule has 112 valence electrons. The van der Waals surface area contributed by atoms with Gasteiger partial charge in [-0.05, 0) is 44.0 Å². The molecule has 21 heavy (non-hydrogen) atoms. The van der Waals surface area contributed by atoms with Gasteiger partial charge >= 0.3 is 5.76 Å². The lowest BCUT2D eigenvalue weighted by molar-refractivity contribution is 0.330. The number of aromatic nitrogens is 1. The van der Waals surface area contributed by atoms with Gasteiger partial charge in [0.15, 0.2) is 0 Å². The van der Waals surface area contributed by atoms with Crippen molar-refractivity contribution < 1.29 is 9.15 Å². The summed E-state index contributed by atoms with van der Waals surface area (Å²) in [5.74, 6) is 1.27. The molecule has 2 aromatic rings. The largest absolute Gasteiger partial charge is 0.497 e. The molecule has 1 aromatic heterocycles. The molecule has 1 saturated carbocycles. The van der Waals surface area contributed by atoms with Crippen molar-refractivity contribution >= 4 is 0 Å². The molecular formula is C17H21NO3. The maximum atomic E-state index is 12.2. The van der Waals surface area contributed by atoms with Crippen molar-refractivity contribution in [2.24, 2.45) is 0 Å². The number of methoxy groups -OCH3 is 1. The number of hydrogen-bond donors (Lipinski definition) is 0. The summed E-state index contributed by atoms with van der Waals surface area (Å²) in [5, 5.41) is 0. The van der Waals surface area contributed by atoms with Gasteiger partial charge in [0.2, 0.25) is 0 Å². The Labute approximate surface area is 124 Å². The van der Waals surface area contributed by atoms with Crippen LogP contribution in [0.2, 0.25) is 0 Å². The van der Waals surface area contributed by atoms with Crippen molar-refractivity contribution in [3.05, 3.63) is 40.6 Å². The summed E-state index contributed by atoms with van der Waals surface area (Å²) in [7, 11) is 1.65. The Morgan fingerprint density at radius 1 is 1.14 bits per heavy atom. The van der Waals surface area contributed by atoms with Gasteiger partial charge in [0, 0.05) is 11.6 Å². The number of aryl methyl sites for hydroxylation is 1. The molecular weight excluding hydrogens is 266 g/mol. The molecule has 4 nitrogen and oxygen atoms in total. The Morgan fingerprint density at radius 2 is 1.81 bits per heavy atom. The predicted molar refractivity (Wildman–Crippen MR) is 81.8 cm³/mol. The monoisotopic (exact) mass is 287 g/mol. The van der Waals surface area contributed by atoms with Gasteiger partial charge in [0.1, 0.15) is 11.5 Å². The number of oxazole rings is 1. The fraction of sp³-hybridized carbons (Fsp3) is 0.471. The van der Waals surface area contributed by atoms with Gasteiger partial charge in [-0.15, -0.1) is 0 Å². The van der Waals surface area contributed by atoms with Crippen LogP contribution >= 0.6 is 0 Å². The van der Waals surface area contributed by atoms with Crippen molar-refractivity contribution in [2.75, 3.05) is 7.11 Å². The van der Waals surface area contributed by atoms with Crippen LogP contribution in [0.1, 0.15) is 43.9 Å². The second-order valence-electron chi connectivity index (χ2n) is 5.66. The van der Waals surface area contributed by atoms with E-state index >= 15 is 0 Å². The van der Waals surface area contributed by atoms with E-state index in [1.807, 2.05) is 35.8 Å². The lowest BCUT2D eigenvalue weighted by Gasteiger charge is -2.23. The Hall–Kier alpha value is -1.97. The molecule has 0 bridgehead atoms. The number of ether oxygens (including phenoxy) is 1. The Kier molecular flexibility index (Phi) is 3.86. The van der Waals surface area contributed by atoms with Crippen LogP contribution in [0.25, 0.3) is 11.3 Å². The van der Waals surface area contributed by atoms with Gasteiger partial charge in [0.25, 0.3) is 0 Å². The van der Waals surface area contributed by atoms with E-state index in [1.165, 1.54) is 19.3 Å². The fourth-order valence-corrected chi connectivity index (χ4v) is 3.25. The minimum Gasteiger partial charge on any atom is -0.497 e. The molecule has 4 heteroatoms. The molecule has 1 aliphatic rings. The summed E-state index contributed by atoms with van der Waals surface area (Å²) in [4.78, 5) is 12.2. The lowest BCUT2D eigenvalue weighted by atomic mass is 9.94. The van der Waals surface area contributed by atoms with Crippen LogP contribution in [0, 0.1) is 6.92 Å². The molecule has 0 amide bonds. The zero-order valence-corrected chi connectivity index (χ0v) is 12.6. The molecule has 0 spiro atoms. The average Bonchev–Trinajstić information content (AvgIpc) is 2.82. The molecule has 0 radical (unpaired) electrons. The molecule has 0 unspecified atom stereocenters. The topological polar surface area (TPSA) is 44.4 Å². The van der Waals surface area contributed by atoms with E-state index in [0.717, 1.165) is 29.8 Å². The van der Waals surface area contributed by atoms with E-state index in [0.29, 0.717) is 5.76 Å². The molecule has 0 aliphatic heterocycles. The highest BCUT2D eigenvalue weighted by Crippen LogP contribution is 2.33.